The zero-order chi connectivity index (χ0) is 22.5. The fraction of sp³-hybridized carbons (Fsp3) is 0.667. The summed E-state index contributed by atoms with van der Waals surface area (Å²) in [5.41, 5.74) is 3.84. The summed E-state index contributed by atoms with van der Waals surface area (Å²) in [6, 6.07) is 0. The molecule has 31 heavy (non-hydrogen) atoms. The average molecular weight is 451 g/mol. The van der Waals surface area contributed by atoms with Crippen LogP contribution < -0.4 is 0 Å². The predicted molar refractivity (Wildman–Crippen MR) is 120 cm³/mol. The number of esters is 2. The van der Waals surface area contributed by atoms with Gasteiger partial charge < -0.3 is 18.9 Å². The summed E-state index contributed by atoms with van der Waals surface area (Å²) in [5.74, 6) is -0.253. The Labute approximate surface area is 189 Å². The normalized spacial score (nSPS) is 32.2. The monoisotopic (exact) mass is 450 g/mol. The Morgan fingerprint density at radius 2 is 2.06 bits per heavy atom. The van der Waals surface area contributed by atoms with E-state index in [1.165, 1.54) is 37.0 Å². The van der Waals surface area contributed by atoms with E-state index < -0.39 is 0 Å². The van der Waals surface area contributed by atoms with E-state index in [-0.39, 0.29) is 41.2 Å². The average Bonchev–Trinajstić information content (AvgIpc) is 3.09. The molecule has 3 rings (SSSR count). The number of unbranched alkanes of at least 4 members (excludes halogenated alkanes) is 1. The lowest BCUT2D eigenvalue weighted by Gasteiger charge is -2.44. The van der Waals surface area contributed by atoms with Crippen molar-refractivity contribution in [2.45, 2.75) is 63.2 Å². The smallest absolute Gasteiger partial charge is 0.330 e. The first-order valence-corrected chi connectivity index (χ1v) is 12.0. The van der Waals surface area contributed by atoms with Crippen molar-refractivity contribution in [3.05, 3.63) is 35.1 Å². The largest absolute Gasteiger partial charge is 0.472 e. The number of ether oxygens (including phenoxy) is 4. The topological polar surface area (TPSA) is 71.1 Å². The maximum atomic E-state index is 12.8. The molecule has 0 aromatic heterocycles. The van der Waals surface area contributed by atoms with Crippen molar-refractivity contribution >= 4 is 23.7 Å². The lowest BCUT2D eigenvalue weighted by Crippen LogP contribution is -2.45. The van der Waals surface area contributed by atoms with Gasteiger partial charge in [-0.25, -0.2) is 4.79 Å². The zero-order valence-electron chi connectivity index (χ0n) is 19.1. The van der Waals surface area contributed by atoms with Crippen LogP contribution in [-0.2, 0) is 28.5 Å². The van der Waals surface area contributed by atoms with Gasteiger partial charge in [0.25, 0.3) is 0 Å². The van der Waals surface area contributed by atoms with E-state index in [1.54, 1.807) is 0 Å². The second-order valence-corrected chi connectivity index (χ2v) is 9.69. The van der Waals surface area contributed by atoms with E-state index in [2.05, 4.69) is 18.6 Å². The van der Waals surface area contributed by atoms with Gasteiger partial charge in [-0.3, -0.25) is 4.79 Å². The molecule has 3 aliphatic rings. The van der Waals surface area contributed by atoms with Gasteiger partial charge in [-0.2, -0.15) is 0 Å². The van der Waals surface area contributed by atoms with Gasteiger partial charge in [-0.1, -0.05) is 18.6 Å². The highest BCUT2D eigenvalue weighted by Crippen LogP contribution is 2.57. The molecule has 2 heterocycles. The highest BCUT2D eigenvalue weighted by molar-refractivity contribution is 8.01. The number of fused-ring (bicyclic) bond motifs is 3. The van der Waals surface area contributed by atoms with Crippen LogP contribution in [0, 0.1) is 17.8 Å². The minimum atomic E-state index is -0.324. The van der Waals surface area contributed by atoms with Crippen molar-refractivity contribution in [3.8, 4) is 0 Å². The van der Waals surface area contributed by atoms with Crippen molar-refractivity contribution in [1.29, 1.82) is 0 Å². The molecule has 0 spiro atoms. The maximum Gasteiger partial charge on any atom is 0.330 e. The van der Waals surface area contributed by atoms with Crippen molar-refractivity contribution in [1.82, 2.24) is 0 Å². The Morgan fingerprint density at radius 1 is 1.29 bits per heavy atom. The van der Waals surface area contributed by atoms with Crippen LogP contribution in [0.2, 0.25) is 0 Å². The summed E-state index contributed by atoms with van der Waals surface area (Å²) >= 11 is 1.88. The van der Waals surface area contributed by atoms with Gasteiger partial charge in [-0.15, -0.1) is 11.8 Å². The molecule has 1 fully saturated rings. The molecule has 0 amide bonds. The second kappa shape index (κ2) is 10.7. The number of thioether (sulfide) groups is 1. The number of hydrogen-bond acceptors (Lipinski definition) is 7. The highest BCUT2D eigenvalue weighted by Gasteiger charge is 2.52. The van der Waals surface area contributed by atoms with Crippen LogP contribution in [0.25, 0.3) is 0 Å². The number of methoxy groups -OCH3 is 2. The van der Waals surface area contributed by atoms with Crippen LogP contribution in [0.5, 0.6) is 0 Å². The minimum Gasteiger partial charge on any atom is -0.472 e. The molecule has 1 aliphatic carbocycles. The van der Waals surface area contributed by atoms with Crippen LogP contribution in [0.15, 0.2) is 35.1 Å². The lowest BCUT2D eigenvalue weighted by atomic mass is 9.65. The molecule has 0 bridgehead atoms. The van der Waals surface area contributed by atoms with Gasteiger partial charge in [0.05, 0.1) is 26.4 Å². The Hall–Kier alpha value is -1.73. The Balaban J connectivity index is 1.80. The van der Waals surface area contributed by atoms with Crippen LogP contribution in [0.4, 0.5) is 0 Å². The van der Waals surface area contributed by atoms with E-state index >= 15 is 0 Å². The molecule has 0 unspecified atom stereocenters. The lowest BCUT2D eigenvalue weighted by molar-refractivity contribution is -0.151. The molecule has 1 saturated carbocycles. The summed E-state index contributed by atoms with van der Waals surface area (Å²) in [6.07, 6.45) is 8.49. The number of hydrogen-bond donors (Lipinski definition) is 0. The van der Waals surface area contributed by atoms with Gasteiger partial charge >= 0.3 is 11.9 Å². The number of carbonyl (C=O) groups is 2. The molecule has 6 nitrogen and oxygen atoms in total. The molecule has 6 atom stereocenters. The molecule has 0 aromatic rings. The number of allylic oxidation sites excluding steroid dienone is 2. The van der Waals surface area contributed by atoms with E-state index in [1.807, 2.05) is 31.0 Å². The first kappa shape index (κ1) is 23.9. The molecule has 7 heteroatoms. The summed E-state index contributed by atoms with van der Waals surface area (Å²) in [5, 5.41) is 0.433. The van der Waals surface area contributed by atoms with Crippen LogP contribution in [0.3, 0.4) is 0 Å². The third kappa shape index (κ3) is 5.03. The minimum absolute atomic E-state index is 0.0906. The van der Waals surface area contributed by atoms with Crippen molar-refractivity contribution in [2.75, 3.05) is 20.8 Å². The van der Waals surface area contributed by atoms with Crippen LogP contribution in [0.1, 0.15) is 46.5 Å². The third-order valence-electron chi connectivity index (χ3n) is 6.65. The fourth-order valence-corrected chi connectivity index (χ4v) is 7.01. The van der Waals surface area contributed by atoms with E-state index in [0.717, 1.165) is 25.7 Å². The van der Waals surface area contributed by atoms with E-state index in [9.17, 15) is 9.59 Å². The highest BCUT2D eigenvalue weighted by atomic mass is 32.2. The Kier molecular flexibility index (Phi) is 8.28. The van der Waals surface area contributed by atoms with Gasteiger partial charge in [-0.05, 0) is 56.1 Å². The Bertz CT molecular complexity index is 770. The van der Waals surface area contributed by atoms with Crippen LogP contribution in [-0.4, -0.2) is 49.6 Å². The van der Waals surface area contributed by atoms with Gasteiger partial charge in [0.1, 0.15) is 0 Å². The molecule has 2 aliphatic heterocycles. The standard InChI is InChI=1S/C24H34O6S/c1-6-29-20-12-16-14(2)22(24(26)28-5)23-21(17(16)13-30-20)15(3)18(31-23)10-8-7-9-11-19(25)27-4/h9,11,13-14,16,18,20,22-23H,6-8,10,12H2,1-5H3/b11-9+/t14-,16-,18-,20+,22-,23-/m0/s1. The molecule has 172 valence electrons. The molecule has 0 aromatic carbocycles. The van der Waals surface area contributed by atoms with Gasteiger partial charge in [0.15, 0.2) is 6.29 Å². The molecular weight excluding hydrogens is 416 g/mol. The summed E-state index contributed by atoms with van der Waals surface area (Å²) in [6.45, 7) is 6.91. The summed E-state index contributed by atoms with van der Waals surface area (Å²) < 4.78 is 21.5. The summed E-state index contributed by atoms with van der Waals surface area (Å²) in [7, 11) is 2.86. The maximum absolute atomic E-state index is 12.8. The van der Waals surface area contributed by atoms with Gasteiger partial charge in [0, 0.05) is 29.6 Å². The van der Waals surface area contributed by atoms with E-state index in [4.69, 9.17) is 14.2 Å². The first-order valence-electron chi connectivity index (χ1n) is 11.1. The third-order valence-corrected chi connectivity index (χ3v) is 8.39. The second-order valence-electron chi connectivity index (χ2n) is 8.34. The SMILES string of the molecule is CCO[C@H]1C[C@@H]2C(=CO1)C1=C(C)[C@H](CCC/C=C/C(=O)OC)S[C@@H]1[C@@H](C(=O)OC)[C@H]2C. The number of carbonyl (C=O) groups excluding carboxylic acids is 2. The van der Waals surface area contributed by atoms with E-state index in [0.29, 0.717) is 11.9 Å². The number of rotatable bonds is 8. The van der Waals surface area contributed by atoms with Crippen molar-refractivity contribution in [2.24, 2.45) is 17.8 Å². The van der Waals surface area contributed by atoms with Crippen molar-refractivity contribution < 1.29 is 28.5 Å². The Morgan fingerprint density at radius 3 is 2.74 bits per heavy atom. The molecule has 0 saturated heterocycles. The van der Waals surface area contributed by atoms with Gasteiger partial charge in [0.2, 0.25) is 0 Å². The molecule has 0 N–H and O–H groups in total. The van der Waals surface area contributed by atoms with Crippen molar-refractivity contribution in [3.63, 3.8) is 0 Å². The zero-order valence-corrected chi connectivity index (χ0v) is 19.9. The summed E-state index contributed by atoms with van der Waals surface area (Å²) in [4.78, 5) is 24.0. The van der Waals surface area contributed by atoms with Crippen LogP contribution >= 0.6 is 11.8 Å². The predicted octanol–water partition coefficient (Wildman–Crippen LogP) is 4.41. The quantitative estimate of drug-likeness (QED) is 0.308. The first-order chi connectivity index (χ1) is 14.9. The molecule has 0 radical (unpaired) electrons. The fourth-order valence-electron chi connectivity index (χ4n) is 5.04. The molecular formula is C24H34O6S.